The predicted molar refractivity (Wildman–Crippen MR) is 173 cm³/mol. The van der Waals surface area contributed by atoms with Gasteiger partial charge in [0, 0.05) is 57.8 Å². The average Bonchev–Trinajstić information content (AvgIpc) is 3.46. The third-order valence-corrected chi connectivity index (χ3v) is 8.65. The van der Waals surface area contributed by atoms with Crippen molar-refractivity contribution in [3.05, 3.63) is 35.9 Å². The zero-order chi connectivity index (χ0) is 34.0. The van der Waals surface area contributed by atoms with E-state index in [9.17, 15) is 23.7 Å². The Morgan fingerprint density at radius 3 is 2.30 bits per heavy atom. The summed E-state index contributed by atoms with van der Waals surface area (Å²) in [6.07, 6.45) is 3.43. The van der Waals surface area contributed by atoms with Crippen LogP contribution >= 0.6 is 7.82 Å². The van der Waals surface area contributed by atoms with Gasteiger partial charge in [-0.05, 0) is 68.8 Å². The number of nitrogens with one attached hydrogen (secondary N) is 2. The summed E-state index contributed by atoms with van der Waals surface area (Å²) in [6, 6.07) is 4.07. The van der Waals surface area contributed by atoms with Crippen LogP contribution < -0.4 is 20.9 Å². The lowest BCUT2D eigenvalue weighted by Gasteiger charge is -2.35. The van der Waals surface area contributed by atoms with Gasteiger partial charge in [0.1, 0.15) is 17.8 Å². The molecule has 0 bridgehead atoms. The van der Waals surface area contributed by atoms with Gasteiger partial charge in [0.15, 0.2) is 0 Å². The van der Waals surface area contributed by atoms with Crippen LogP contribution in [-0.2, 0) is 23.7 Å². The Morgan fingerprint density at radius 1 is 1.07 bits per heavy atom. The summed E-state index contributed by atoms with van der Waals surface area (Å²) in [5, 5.41) is 5.92. The first-order valence-electron chi connectivity index (χ1n) is 15.8. The van der Waals surface area contributed by atoms with Crippen LogP contribution in [-0.4, -0.2) is 113 Å². The molecule has 0 aromatic heterocycles. The van der Waals surface area contributed by atoms with Gasteiger partial charge in [-0.3, -0.25) is 33.9 Å². The molecule has 1 aromatic rings. The molecule has 256 valence electrons. The second kappa shape index (κ2) is 17.0. The molecule has 15 heteroatoms. The molecule has 0 unspecified atom stereocenters. The van der Waals surface area contributed by atoms with Gasteiger partial charge in [-0.15, -0.1) is 0 Å². The maximum Gasteiger partial charge on any atom is 0.524 e. The van der Waals surface area contributed by atoms with Gasteiger partial charge < -0.3 is 30.7 Å². The molecule has 46 heavy (non-hydrogen) atoms. The van der Waals surface area contributed by atoms with Crippen LogP contribution in [0.2, 0.25) is 0 Å². The molecule has 0 saturated carbocycles. The fraction of sp³-hybridized carbons (Fsp3) is 0.613. The number of amides is 4. The number of nitrogens with two attached hydrogens (primary N) is 1. The van der Waals surface area contributed by atoms with Crippen LogP contribution in [0.15, 0.2) is 30.3 Å². The van der Waals surface area contributed by atoms with Crippen molar-refractivity contribution in [2.24, 2.45) is 11.7 Å². The SMILES string of the molecule is C/C(=C\C(=O)N[C@@H](CC(C)C)C(=O)N1CCC[C@H]1C(=O)N[C@@H](CCC(N)=O)CN1CCN(C)CC1)c1ccc(OP(=O)(O)O)cc1. The number of rotatable bonds is 15. The van der Waals surface area contributed by atoms with Gasteiger partial charge in [-0.25, -0.2) is 4.57 Å². The predicted octanol–water partition coefficient (Wildman–Crippen LogP) is 1.08. The summed E-state index contributed by atoms with van der Waals surface area (Å²) >= 11 is 0. The number of allylic oxidation sites excluding steroid dienone is 1. The lowest BCUT2D eigenvalue weighted by molar-refractivity contribution is -0.141. The van der Waals surface area contributed by atoms with Crippen LogP contribution in [0.1, 0.15) is 58.4 Å². The first-order chi connectivity index (χ1) is 21.6. The van der Waals surface area contributed by atoms with E-state index in [1.165, 1.54) is 18.2 Å². The number of nitrogens with zero attached hydrogens (tertiary/aromatic N) is 3. The van der Waals surface area contributed by atoms with Crippen molar-refractivity contribution in [2.75, 3.05) is 46.3 Å². The highest BCUT2D eigenvalue weighted by Crippen LogP contribution is 2.37. The maximum atomic E-state index is 13.8. The molecule has 3 rings (SSSR count). The lowest BCUT2D eigenvalue weighted by atomic mass is 10.0. The van der Waals surface area contributed by atoms with E-state index >= 15 is 0 Å². The van der Waals surface area contributed by atoms with E-state index in [0.717, 1.165) is 26.2 Å². The van der Waals surface area contributed by atoms with Gasteiger partial charge >= 0.3 is 7.82 Å². The summed E-state index contributed by atoms with van der Waals surface area (Å²) in [5.41, 5.74) is 6.60. The highest BCUT2D eigenvalue weighted by atomic mass is 31.2. The van der Waals surface area contributed by atoms with Gasteiger partial charge in [0.2, 0.25) is 23.6 Å². The van der Waals surface area contributed by atoms with Crippen molar-refractivity contribution in [3.8, 4) is 5.75 Å². The van der Waals surface area contributed by atoms with Gasteiger partial charge in [0.25, 0.3) is 0 Å². The van der Waals surface area contributed by atoms with Gasteiger partial charge in [0.05, 0.1) is 0 Å². The topological polar surface area (TPSA) is 195 Å². The second-order valence-corrected chi connectivity index (χ2v) is 13.8. The minimum Gasteiger partial charge on any atom is -0.404 e. The standard InChI is InChI=1S/C31H49N6O8P/c1-21(2)18-26(34-29(39)19-22(3)23-7-10-25(11-8-23)45-46(42,43)44)31(41)37-13-5-6-27(37)30(40)33-24(9-12-28(32)38)20-36-16-14-35(4)15-17-36/h7-8,10-11,19,21,24,26-27H,5-6,9,12-18,20H2,1-4H3,(H2,32,38)(H,33,40)(H,34,39)(H2,42,43,44)/b22-19+/t24-,26-,27-/m0/s1. The smallest absolute Gasteiger partial charge is 0.404 e. The number of carbonyl (C=O) groups excluding carboxylic acids is 4. The summed E-state index contributed by atoms with van der Waals surface area (Å²) in [4.78, 5) is 76.1. The first-order valence-corrected chi connectivity index (χ1v) is 17.3. The third-order valence-electron chi connectivity index (χ3n) is 8.20. The number of phosphoric acid groups is 1. The molecule has 2 fully saturated rings. The minimum absolute atomic E-state index is 0.0142. The molecule has 14 nitrogen and oxygen atoms in total. The zero-order valence-electron chi connectivity index (χ0n) is 27.2. The summed E-state index contributed by atoms with van der Waals surface area (Å²) in [7, 11) is -2.62. The molecule has 2 aliphatic heterocycles. The van der Waals surface area contributed by atoms with Crippen LogP contribution in [0.25, 0.3) is 5.57 Å². The number of likely N-dealkylation sites (N-methyl/N-ethyl adjacent to an activating group) is 1. The Bertz CT molecular complexity index is 1290. The molecule has 2 heterocycles. The van der Waals surface area contributed by atoms with E-state index in [2.05, 4.69) is 32.0 Å². The first kappa shape index (κ1) is 37.2. The summed E-state index contributed by atoms with van der Waals surface area (Å²) in [6.45, 7) is 10.1. The summed E-state index contributed by atoms with van der Waals surface area (Å²) in [5.74, 6) is -1.44. The van der Waals surface area contributed by atoms with Crippen LogP contribution in [0.5, 0.6) is 5.75 Å². The Kier molecular flexibility index (Phi) is 13.8. The van der Waals surface area contributed by atoms with E-state index < -0.39 is 31.7 Å². The van der Waals surface area contributed by atoms with E-state index in [0.29, 0.717) is 49.9 Å². The van der Waals surface area contributed by atoms with E-state index in [1.54, 1.807) is 24.0 Å². The number of carbonyl (C=O) groups is 4. The average molecular weight is 665 g/mol. The molecule has 3 atom stereocenters. The Hall–Kier alpha value is -3.29. The van der Waals surface area contributed by atoms with Crippen molar-refractivity contribution >= 4 is 37.0 Å². The van der Waals surface area contributed by atoms with Crippen molar-refractivity contribution in [2.45, 2.75) is 71.0 Å². The van der Waals surface area contributed by atoms with Crippen molar-refractivity contribution in [3.63, 3.8) is 0 Å². The molecule has 6 N–H and O–H groups in total. The molecule has 4 amide bonds. The van der Waals surface area contributed by atoms with Crippen LogP contribution in [0.3, 0.4) is 0 Å². The van der Waals surface area contributed by atoms with Gasteiger partial charge in [-0.1, -0.05) is 26.0 Å². The third kappa shape index (κ3) is 12.1. The number of piperazine rings is 1. The van der Waals surface area contributed by atoms with Crippen LogP contribution in [0, 0.1) is 5.92 Å². The molecular formula is C31H49N6O8P. The quantitative estimate of drug-likeness (QED) is 0.134. The molecule has 0 radical (unpaired) electrons. The fourth-order valence-corrected chi connectivity index (χ4v) is 6.17. The molecule has 2 saturated heterocycles. The number of primary amides is 1. The molecule has 2 aliphatic rings. The Labute approximate surface area is 270 Å². The summed E-state index contributed by atoms with van der Waals surface area (Å²) < 4.78 is 15.6. The van der Waals surface area contributed by atoms with Crippen LogP contribution in [0.4, 0.5) is 0 Å². The minimum atomic E-state index is -4.69. The van der Waals surface area contributed by atoms with E-state index in [4.69, 9.17) is 15.5 Å². The molecule has 0 aliphatic carbocycles. The normalized spacial score (nSPS) is 19.5. The van der Waals surface area contributed by atoms with E-state index in [-0.39, 0.29) is 35.9 Å². The number of phosphoric ester groups is 1. The van der Waals surface area contributed by atoms with E-state index in [1.807, 2.05) is 13.8 Å². The zero-order valence-corrected chi connectivity index (χ0v) is 28.1. The largest absolute Gasteiger partial charge is 0.524 e. The second-order valence-electron chi connectivity index (χ2n) is 12.6. The fourth-order valence-electron chi connectivity index (χ4n) is 5.77. The number of hydrogen-bond donors (Lipinski definition) is 5. The lowest BCUT2D eigenvalue weighted by Crippen LogP contribution is -2.56. The Balaban J connectivity index is 1.68. The number of benzene rings is 1. The highest BCUT2D eigenvalue weighted by Gasteiger charge is 2.38. The van der Waals surface area contributed by atoms with Crippen molar-refractivity contribution < 1.29 is 38.1 Å². The maximum absolute atomic E-state index is 13.8. The molecule has 0 spiro atoms. The number of hydrogen-bond acceptors (Lipinski definition) is 8. The number of likely N-dealkylation sites (tertiary alicyclic amines) is 1. The highest BCUT2D eigenvalue weighted by molar-refractivity contribution is 7.46. The molecular weight excluding hydrogens is 615 g/mol. The van der Waals surface area contributed by atoms with Crippen molar-refractivity contribution in [1.29, 1.82) is 0 Å². The monoisotopic (exact) mass is 664 g/mol. The molecule has 1 aromatic carbocycles. The Morgan fingerprint density at radius 2 is 1.72 bits per heavy atom. The van der Waals surface area contributed by atoms with Gasteiger partial charge in [-0.2, -0.15) is 0 Å². The van der Waals surface area contributed by atoms with Crippen molar-refractivity contribution in [1.82, 2.24) is 25.3 Å².